The van der Waals surface area contributed by atoms with Gasteiger partial charge in [-0.2, -0.15) is 0 Å². The van der Waals surface area contributed by atoms with Crippen molar-refractivity contribution in [2.24, 2.45) is 4.99 Å². The number of fused-ring (bicyclic) bond motifs is 1. The highest BCUT2D eigenvalue weighted by atomic mass is 127. The third-order valence-corrected chi connectivity index (χ3v) is 3.92. The van der Waals surface area contributed by atoms with E-state index in [1.165, 1.54) is 18.4 Å². The molecule has 0 atom stereocenters. The van der Waals surface area contributed by atoms with E-state index in [2.05, 4.69) is 44.2 Å². The number of para-hydroxylation sites is 1. The first-order valence-corrected chi connectivity index (χ1v) is 7.89. The van der Waals surface area contributed by atoms with Gasteiger partial charge < -0.3 is 15.0 Å². The number of rotatable bonds is 6. The summed E-state index contributed by atoms with van der Waals surface area (Å²) in [5, 5.41) is 3.41. The molecule has 0 bridgehead atoms. The van der Waals surface area contributed by atoms with Crippen LogP contribution in [0.1, 0.15) is 31.2 Å². The van der Waals surface area contributed by atoms with Gasteiger partial charge in [-0.15, -0.1) is 24.0 Å². The van der Waals surface area contributed by atoms with Gasteiger partial charge in [0.15, 0.2) is 5.96 Å². The van der Waals surface area contributed by atoms with Gasteiger partial charge in [-0.1, -0.05) is 24.6 Å². The largest absolute Gasteiger partial charge is 0.469 e. The van der Waals surface area contributed by atoms with E-state index in [0.717, 1.165) is 44.7 Å². The van der Waals surface area contributed by atoms with Crippen molar-refractivity contribution in [3.63, 3.8) is 0 Å². The quantitative estimate of drug-likeness (QED) is 0.248. The van der Waals surface area contributed by atoms with E-state index < -0.39 is 0 Å². The second kappa shape index (κ2) is 10.5. The third-order valence-electron chi connectivity index (χ3n) is 3.92. The Morgan fingerprint density at radius 1 is 1.30 bits per heavy atom. The predicted octanol–water partition coefficient (Wildman–Crippen LogP) is 2.98. The lowest BCUT2D eigenvalue weighted by Crippen LogP contribution is -2.40. The van der Waals surface area contributed by atoms with Crippen molar-refractivity contribution >= 4 is 41.6 Å². The Kier molecular flexibility index (Phi) is 8.98. The summed E-state index contributed by atoms with van der Waals surface area (Å²) in [7, 11) is 3.25. The maximum Gasteiger partial charge on any atom is 0.305 e. The molecule has 0 amide bonds. The molecular formula is C17H26IN3O2. The van der Waals surface area contributed by atoms with Crippen LogP contribution in [0.15, 0.2) is 29.3 Å². The van der Waals surface area contributed by atoms with Gasteiger partial charge >= 0.3 is 5.97 Å². The fourth-order valence-electron chi connectivity index (χ4n) is 2.73. The number of carbonyl (C=O) groups excluding carboxylic acids is 1. The number of methoxy groups -OCH3 is 1. The molecule has 0 saturated carbocycles. The summed E-state index contributed by atoms with van der Waals surface area (Å²) < 4.78 is 4.63. The Balaban J connectivity index is 0.00000264. The molecule has 128 valence electrons. The second-order valence-electron chi connectivity index (χ2n) is 5.39. The van der Waals surface area contributed by atoms with Crippen LogP contribution in [-0.2, 0) is 16.0 Å². The molecule has 0 unspecified atom stereocenters. The lowest BCUT2D eigenvalue weighted by Gasteiger charge is -2.22. The van der Waals surface area contributed by atoms with Crippen LogP contribution in [0.5, 0.6) is 0 Å². The van der Waals surface area contributed by atoms with Crippen LogP contribution < -0.4 is 10.2 Å². The van der Waals surface area contributed by atoms with Crippen molar-refractivity contribution in [1.82, 2.24) is 5.32 Å². The molecule has 0 fully saturated rings. The Morgan fingerprint density at radius 2 is 2.09 bits per heavy atom. The molecule has 0 aromatic heterocycles. The second-order valence-corrected chi connectivity index (χ2v) is 5.39. The zero-order chi connectivity index (χ0) is 15.8. The number of unbranched alkanes of at least 4 members (excludes halogenated alkanes) is 2. The number of esters is 1. The molecule has 0 saturated heterocycles. The Hall–Kier alpha value is -1.31. The summed E-state index contributed by atoms with van der Waals surface area (Å²) in [4.78, 5) is 17.7. The number of hydrogen-bond donors (Lipinski definition) is 1. The molecule has 23 heavy (non-hydrogen) atoms. The molecule has 1 aliphatic rings. The Morgan fingerprint density at radius 3 is 2.83 bits per heavy atom. The maximum atomic E-state index is 11.0. The van der Waals surface area contributed by atoms with Crippen LogP contribution in [0, 0.1) is 0 Å². The Labute approximate surface area is 155 Å². The highest BCUT2D eigenvalue weighted by Crippen LogP contribution is 2.27. The molecule has 1 N–H and O–H groups in total. The number of hydrogen-bond acceptors (Lipinski definition) is 3. The van der Waals surface area contributed by atoms with Crippen LogP contribution in [0.3, 0.4) is 0 Å². The molecule has 0 radical (unpaired) electrons. The van der Waals surface area contributed by atoms with Crippen LogP contribution in [0.4, 0.5) is 5.69 Å². The summed E-state index contributed by atoms with van der Waals surface area (Å²) in [6.07, 6.45) is 4.47. The molecule has 1 aliphatic heterocycles. The molecule has 2 rings (SSSR count). The van der Waals surface area contributed by atoms with E-state index in [-0.39, 0.29) is 29.9 Å². The van der Waals surface area contributed by atoms with Gasteiger partial charge in [0.25, 0.3) is 0 Å². The first kappa shape index (κ1) is 19.7. The maximum absolute atomic E-state index is 11.0. The number of halogens is 1. The van der Waals surface area contributed by atoms with Gasteiger partial charge in [0.05, 0.1) is 7.11 Å². The standard InChI is InChI=1S/C17H25N3O2.HI/c1-18-17(19-12-7-3-4-10-16(21)22-2)20-13-11-14-8-5-6-9-15(14)20;/h5-6,8-9H,3-4,7,10-13H2,1-2H3,(H,18,19);1H. The van der Waals surface area contributed by atoms with E-state index in [0.29, 0.717) is 6.42 Å². The summed E-state index contributed by atoms with van der Waals surface area (Å²) in [6.45, 7) is 1.84. The first-order valence-electron chi connectivity index (χ1n) is 7.89. The number of benzene rings is 1. The summed E-state index contributed by atoms with van der Waals surface area (Å²) in [5.74, 6) is 0.801. The number of guanidine groups is 1. The normalized spacial score (nSPS) is 13.3. The number of carbonyl (C=O) groups is 1. The number of anilines is 1. The lowest BCUT2D eigenvalue weighted by molar-refractivity contribution is -0.140. The minimum atomic E-state index is -0.127. The van der Waals surface area contributed by atoms with Crippen molar-refractivity contribution in [2.45, 2.75) is 32.1 Å². The zero-order valence-corrected chi connectivity index (χ0v) is 16.2. The topological polar surface area (TPSA) is 53.9 Å². The van der Waals surface area contributed by atoms with E-state index >= 15 is 0 Å². The third kappa shape index (κ3) is 5.67. The molecule has 6 heteroatoms. The summed E-state index contributed by atoms with van der Waals surface area (Å²) >= 11 is 0. The van der Waals surface area contributed by atoms with Gasteiger partial charge in [0.1, 0.15) is 0 Å². The Bertz CT molecular complexity index is 534. The first-order chi connectivity index (χ1) is 10.8. The fraction of sp³-hybridized carbons (Fsp3) is 0.529. The van der Waals surface area contributed by atoms with Crippen LogP contribution in [-0.4, -0.2) is 39.2 Å². The van der Waals surface area contributed by atoms with Crippen molar-refractivity contribution < 1.29 is 9.53 Å². The van der Waals surface area contributed by atoms with Crippen LogP contribution >= 0.6 is 24.0 Å². The van der Waals surface area contributed by atoms with E-state index in [9.17, 15) is 4.79 Å². The SMILES string of the molecule is CN=C(NCCCCCC(=O)OC)N1CCc2ccccc21.I. The van der Waals surface area contributed by atoms with Crippen molar-refractivity contribution in [2.75, 3.05) is 32.1 Å². The zero-order valence-electron chi connectivity index (χ0n) is 13.9. The number of ether oxygens (including phenoxy) is 1. The molecule has 5 nitrogen and oxygen atoms in total. The smallest absolute Gasteiger partial charge is 0.305 e. The highest BCUT2D eigenvalue weighted by molar-refractivity contribution is 14.0. The lowest BCUT2D eigenvalue weighted by atomic mass is 10.2. The van der Waals surface area contributed by atoms with Gasteiger partial charge in [-0.05, 0) is 30.9 Å². The van der Waals surface area contributed by atoms with Gasteiger partial charge in [-0.3, -0.25) is 9.79 Å². The van der Waals surface area contributed by atoms with Gasteiger partial charge in [-0.25, -0.2) is 0 Å². The average Bonchev–Trinajstić information content (AvgIpc) is 2.98. The van der Waals surface area contributed by atoms with Crippen molar-refractivity contribution in [3.05, 3.63) is 29.8 Å². The van der Waals surface area contributed by atoms with Crippen LogP contribution in [0.25, 0.3) is 0 Å². The van der Waals surface area contributed by atoms with Crippen molar-refractivity contribution in [3.8, 4) is 0 Å². The van der Waals surface area contributed by atoms with E-state index in [1.54, 1.807) is 0 Å². The number of nitrogens with zero attached hydrogens (tertiary/aromatic N) is 2. The van der Waals surface area contributed by atoms with Crippen molar-refractivity contribution in [1.29, 1.82) is 0 Å². The summed E-state index contributed by atoms with van der Waals surface area (Å²) in [6, 6.07) is 8.47. The minimum absolute atomic E-state index is 0. The fourth-order valence-corrected chi connectivity index (χ4v) is 2.73. The van der Waals surface area contributed by atoms with Crippen LogP contribution in [0.2, 0.25) is 0 Å². The van der Waals surface area contributed by atoms with E-state index in [4.69, 9.17) is 0 Å². The molecule has 1 aromatic rings. The summed E-state index contributed by atoms with van der Waals surface area (Å²) in [5.41, 5.74) is 2.63. The molecule has 0 spiro atoms. The van der Waals surface area contributed by atoms with Gasteiger partial charge in [0, 0.05) is 32.2 Å². The number of nitrogens with one attached hydrogen (secondary N) is 1. The molecule has 1 aromatic carbocycles. The van der Waals surface area contributed by atoms with E-state index in [1.807, 2.05) is 7.05 Å². The highest BCUT2D eigenvalue weighted by Gasteiger charge is 2.21. The molecule has 1 heterocycles. The minimum Gasteiger partial charge on any atom is -0.469 e. The molecule has 0 aliphatic carbocycles. The van der Waals surface area contributed by atoms with Gasteiger partial charge in [0.2, 0.25) is 0 Å². The average molecular weight is 431 g/mol. The predicted molar refractivity (Wildman–Crippen MR) is 105 cm³/mol. The number of aliphatic imine (C=N–C) groups is 1. The monoisotopic (exact) mass is 431 g/mol. The molecular weight excluding hydrogens is 405 g/mol.